The van der Waals surface area contributed by atoms with Crippen LogP contribution in [0, 0.1) is 6.92 Å². The molecule has 0 amide bonds. The Labute approximate surface area is 95.3 Å². The number of ether oxygens (including phenoxy) is 3. The van der Waals surface area contributed by atoms with Crippen molar-refractivity contribution in [1.82, 2.24) is 0 Å². The van der Waals surface area contributed by atoms with Crippen molar-refractivity contribution in [2.75, 3.05) is 27.4 Å². The van der Waals surface area contributed by atoms with Crippen molar-refractivity contribution < 1.29 is 14.2 Å². The molecule has 1 aromatic rings. The molecule has 2 rings (SSSR count). The molecule has 0 atom stereocenters. The molecule has 0 spiro atoms. The summed E-state index contributed by atoms with van der Waals surface area (Å²) in [6.07, 6.45) is 0. The molecule has 1 fully saturated rings. The Hall–Kier alpha value is -1.26. The third kappa shape index (κ3) is 1.64. The Morgan fingerprint density at radius 1 is 1.19 bits per heavy atom. The van der Waals surface area contributed by atoms with E-state index in [1.54, 1.807) is 14.2 Å². The molecular formula is C12H17NO3. The van der Waals surface area contributed by atoms with E-state index in [2.05, 4.69) is 0 Å². The predicted molar refractivity (Wildman–Crippen MR) is 61.0 cm³/mol. The maximum atomic E-state index is 6.21. The minimum absolute atomic E-state index is 0.438. The minimum atomic E-state index is -0.438. The van der Waals surface area contributed by atoms with Crippen LogP contribution in [0.2, 0.25) is 0 Å². The lowest BCUT2D eigenvalue weighted by Gasteiger charge is -2.39. The first-order valence-electron chi connectivity index (χ1n) is 5.20. The fourth-order valence-electron chi connectivity index (χ4n) is 1.92. The number of benzene rings is 1. The fourth-order valence-corrected chi connectivity index (χ4v) is 1.92. The molecule has 1 aromatic carbocycles. The van der Waals surface area contributed by atoms with Gasteiger partial charge in [-0.3, -0.25) is 0 Å². The average Bonchev–Trinajstić information content (AvgIpc) is 2.25. The molecule has 2 N–H and O–H groups in total. The highest BCUT2D eigenvalue weighted by atomic mass is 16.5. The number of rotatable bonds is 3. The number of hydrogen-bond donors (Lipinski definition) is 1. The molecule has 4 heteroatoms. The van der Waals surface area contributed by atoms with Crippen LogP contribution in [-0.4, -0.2) is 27.4 Å². The van der Waals surface area contributed by atoms with Crippen molar-refractivity contribution in [2.24, 2.45) is 5.73 Å². The highest BCUT2D eigenvalue weighted by molar-refractivity contribution is 5.49. The summed E-state index contributed by atoms with van der Waals surface area (Å²) in [5.41, 5.74) is 7.76. The lowest BCUT2D eigenvalue weighted by molar-refractivity contribution is -0.0579. The van der Waals surface area contributed by atoms with Gasteiger partial charge in [-0.15, -0.1) is 0 Å². The van der Waals surface area contributed by atoms with Gasteiger partial charge in [0.25, 0.3) is 0 Å². The molecule has 88 valence electrons. The summed E-state index contributed by atoms with van der Waals surface area (Å²) in [6.45, 7) is 3.02. The number of methoxy groups -OCH3 is 2. The Kier molecular flexibility index (Phi) is 2.78. The van der Waals surface area contributed by atoms with Crippen molar-refractivity contribution in [3.63, 3.8) is 0 Å². The highest BCUT2D eigenvalue weighted by Gasteiger charge is 2.39. The van der Waals surface area contributed by atoms with Crippen LogP contribution in [0.15, 0.2) is 12.1 Å². The SMILES string of the molecule is COc1cc(C2(N)COC2)c(OC)cc1C. The van der Waals surface area contributed by atoms with Gasteiger partial charge in [0, 0.05) is 5.56 Å². The van der Waals surface area contributed by atoms with Gasteiger partial charge in [0.1, 0.15) is 11.5 Å². The lowest BCUT2D eigenvalue weighted by Crippen LogP contribution is -2.54. The molecular weight excluding hydrogens is 206 g/mol. The van der Waals surface area contributed by atoms with Gasteiger partial charge >= 0.3 is 0 Å². The van der Waals surface area contributed by atoms with Gasteiger partial charge in [-0.25, -0.2) is 0 Å². The van der Waals surface area contributed by atoms with E-state index < -0.39 is 5.54 Å². The number of aryl methyl sites for hydroxylation is 1. The lowest BCUT2D eigenvalue weighted by atomic mass is 9.87. The summed E-state index contributed by atoms with van der Waals surface area (Å²) in [5, 5.41) is 0. The minimum Gasteiger partial charge on any atom is -0.496 e. The van der Waals surface area contributed by atoms with E-state index >= 15 is 0 Å². The molecule has 16 heavy (non-hydrogen) atoms. The van der Waals surface area contributed by atoms with E-state index in [1.165, 1.54) is 0 Å². The average molecular weight is 223 g/mol. The molecule has 1 aliphatic rings. The summed E-state index contributed by atoms with van der Waals surface area (Å²) in [6, 6.07) is 3.89. The Balaban J connectivity index is 2.49. The summed E-state index contributed by atoms with van der Waals surface area (Å²) < 4.78 is 15.8. The van der Waals surface area contributed by atoms with Crippen LogP contribution in [0.4, 0.5) is 0 Å². The van der Waals surface area contributed by atoms with E-state index in [9.17, 15) is 0 Å². The fraction of sp³-hybridized carbons (Fsp3) is 0.500. The Morgan fingerprint density at radius 3 is 2.25 bits per heavy atom. The number of nitrogens with two attached hydrogens (primary N) is 1. The van der Waals surface area contributed by atoms with Crippen LogP contribution in [0.3, 0.4) is 0 Å². The highest BCUT2D eigenvalue weighted by Crippen LogP contribution is 2.37. The zero-order chi connectivity index (χ0) is 11.8. The van der Waals surface area contributed by atoms with E-state index in [-0.39, 0.29) is 0 Å². The molecule has 0 unspecified atom stereocenters. The van der Waals surface area contributed by atoms with E-state index in [4.69, 9.17) is 19.9 Å². The van der Waals surface area contributed by atoms with Gasteiger partial charge in [-0.05, 0) is 24.6 Å². The topological polar surface area (TPSA) is 53.7 Å². The molecule has 4 nitrogen and oxygen atoms in total. The van der Waals surface area contributed by atoms with E-state index in [1.807, 2.05) is 19.1 Å². The second-order valence-electron chi connectivity index (χ2n) is 4.17. The normalized spacial score (nSPS) is 17.8. The van der Waals surface area contributed by atoms with E-state index in [0.29, 0.717) is 13.2 Å². The third-order valence-electron chi connectivity index (χ3n) is 2.97. The Morgan fingerprint density at radius 2 is 1.81 bits per heavy atom. The third-order valence-corrected chi connectivity index (χ3v) is 2.97. The quantitative estimate of drug-likeness (QED) is 0.836. The molecule has 1 aliphatic heterocycles. The summed E-state index contributed by atoms with van der Waals surface area (Å²) in [7, 11) is 3.30. The first-order valence-corrected chi connectivity index (χ1v) is 5.20. The van der Waals surface area contributed by atoms with Gasteiger partial charge in [-0.2, -0.15) is 0 Å². The van der Waals surface area contributed by atoms with Crippen LogP contribution < -0.4 is 15.2 Å². The second kappa shape index (κ2) is 3.96. The first kappa shape index (κ1) is 11.2. The molecule has 0 bridgehead atoms. The molecule has 0 radical (unpaired) electrons. The maximum absolute atomic E-state index is 6.21. The maximum Gasteiger partial charge on any atom is 0.124 e. The van der Waals surface area contributed by atoms with Crippen molar-refractivity contribution in [2.45, 2.75) is 12.5 Å². The van der Waals surface area contributed by atoms with E-state index in [0.717, 1.165) is 22.6 Å². The second-order valence-corrected chi connectivity index (χ2v) is 4.17. The summed E-state index contributed by atoms with van der Waals surface area (Å²) >= 11 is 0. The van der Waals surface area contributed by atoms with Crippen LogP contribution in [0.25, 0.3) is 0 Å². The zero-order valence-corrected chi connectivity index (χ0v) is 9.87. The van der Waals surface area contributed by atoms with Crippen LogP contribution >= 0.6 is 0 Å². The van der Waals surface area contributed by atoms with Crippen molar-refractivity contribution in [3.8, 4) is 11.5 Å². The van der Waals surface area contributed by atoms with Crippen LogP contribution in [0.1, 0.15) is 11.1 Å². The van der Waals surface area contributed by atoms with Crippen molar-refractivity contribution in [3.05, 3.63) is 23.3 Å². The monoisotopic (exact) mass is 223 g/mol. The molecule has 0 saturated carbocycles. The summed E-state index contributed by atoms with van der Waals surface area (Å²) in [5.74, 6) is 1.62. The standard InChI is InChI=1S/C12H17NO3/c1-8-4-11(15-3)9(5-10(8)14-2)12(13)6-16-7-12/h4-5H,6-7,13H2,1-3H3. The van der Waals surface area contributed by atoms with Gasteiger partial charge in [0.15, 0.2) is 0 Å². The largest absolute Gasteiger partial charge is 0.496 e. The van der Waals surface area contributed by atoms with Gasteiger partial charge in [0.2, 0.25) is 0 Å². The zero-order valence-electron chi connectivity index (χ0n) is 9.87. The number of hydrogen-bond acceptors (Lipinski definition) is 4. The molecule has 1 heterocycles. The predicted octanol–water partition coefficient (Wildman–Crippen LogP) is 1.20. The van der Waals surface area contributed by atoms with Gasteiger partial charge < -0.3 is 19.9 Å². The van der Waals surface area contributed by atoms with Crippen LogP contribution in [-0.2, 0) is 10.3 Å². The first-order chi connectivity index (χ1) is 7.60. The smallest absolute Gasteiger partial charge is 0.124 e. The van der Waals surface area contributed by atoms with Crippen molar-refractivity contribution >= 4 is 0 Å². The van der Waals surface area contributed by atoms with Gasteiger partial charge in [0.05, 0.1) is 33.0 Å². The van der Waals surface area contributed by atoms with Gasteiger partial charge in [-0.1, -0.05) is 0 Å². The van der Waals surface area contributed by atoms with Crippen LogP contribution in [0.5, 0.6) is 11.5 Å². The molecule has 0 aliphatic carbocycles. The van der Waals surface area contributed by atoms with Crippen molar-refractivity contribution in [1.29, 1.82) is 0 Å². The molecule has 0 aromatic heterocycles. The summed E-state index contributed by atoms with van der Waals surface area (Å²) in [4.78, 5) is 0. The Bertz CT molecular complexity index is 399. The molecule has 1 saturated heterocycles.